The first-order chi connectivity index (χ1) is 12.3. The molecule has 0 aliphatic rings. The van der Waals surface area contributed by atoms with Crippen LogP contribution in [0, 0.1) is 13.8 Å². The Morgan fingerprint density at radius 3 is 2.31 bits per heavy atom. The highest BCUT2D eigenvalue weighted by Crippen LogP contribution is 2.25. The number of aromatic nitrogens is 2. The van der Waals surface area contributed by atoms with E-state index in [1.54, 1.807) is 30.3 Å². The molecule has 0 radical (unpaired) electrons. The molecule has 0 spiro atoms. The van der Waals surface area contributed by atoms with Gasteiger partial charge in [-0.05, 0) is 61.4 Å². The van der Waals surface area contributed by atoms with E-state index >= 15 is 0 Å². The number of rotatable bonds is 5. The van der Waals surface area contributed by atoms with Crippen LogP contribution in [0.25, 0.3) is 0 Å². The zero-order chi connectivity index (χ0) is 18.7. The molecule has 8 heteroatoms. The van der Waals surface area contributed by atoms with Crippen LogP contribution in [0.5, 0.6) is 0 Å². The quantitative estimate of drug-likeness (QED) is 0.681. The third-order valence-corrected chi connectivity index (χ3v) is 5.50. The van der Waals surface area contributed by atoms with Gasteiger partial charge in [0, 0.05) is 10.7 Å². The van der Waals surface area contributed by atoms with Crippen LogP contribution in [-0.4, -0.2) is 18.6 Å². The molecule has 3 rings (SSSR count). The van der Waals surface area contributed by atoms with Gasteiger partial charge < -0.3 is 5.32 Å². The van der Waals surface area contributed by atoms with E-state index in [2.05, 4.69) is 20.2 Å². The highest BCUT2D eigenvalue weighted by Gasteiger charge is 2.15. The van der Waals surface area contributed by atoms with Crippen LogP contribution in [-0.2, 0) is 10.0 Å². The van der Waals surface area contributed by atoms with Gasteiger partial charge in [-0.3, -0.25) is 4.72 Å². The van der Waals surface area contributed by atoms with Crippen molar-refractivity contribution >= 4 is 38.9 Å². The van der Waals surface area contributed by atoms with Crippen molar-refractivity contribution < 1.29 is 8.42 Å². The maximum atomic E-state index is 12.4. The monoisotopic (exact) mass is 388 g/mol. The fraction of sp³-hybridized carbons (Fsp3) is 0.111. The van der Waals surface area contributed by atoms with E-state index in [0.717, 1.165) is 16.8 Å². The topological polar surface area (TPSA) is 84.0 Å². The Morgan fingerprint density at radius 1 is 0.923 bits per heavy atom. The first-order valence-electron chi connectivity index (χ1n) is 7.80. The average molecular weight is 389 g/mol. The third kappa shape index (κ3) is 4.12. The van der Waals surface area contributed by atoms with Crippen molar-refractivity contribution in [3.63, 3.8) is 0 Å². The van der Waals surface area contributed by atoms with Crippen molar-refractivity contribution in [3.05, 3.63) is 70.7 Å². The lowest BCUT2D eigenvalue weighted by Gasteiger charge is -2.10. The minimum absolute atomic E-state index is 0.139. The van der Waals surface area contributed by atoms with Gasteiger partial charge in [-0.15, -0.1) is 10.2 Å². The van der Waals surface area contributed by atoms with Gasteiger partial charge in [-0.2, -0.15) is 0 Å². The number of anilines is 3. The molecule has 3 aromatic rings. The van der Waals surface area contributed by atoms with E-state index in [0.29, 0.717) is 10.8 Å². The summed E-state index contributed by atoms with van der Waals surface area (Å²) >= 11 is 6.09. The lowest BCUT2D eigenvalue weighted by atomic mass is 10.2. The van der Waals surface area contributed by atoms with E-state index in [4.69, 9.17) is 11.6 Å². The molecular weight excluding hydrogens is 372 g/mol. The van der Waals surface area contributed by atoms with Crippen molar-refractivity contribution in [1.29, 1.82) is 0 Å². The molecule has 0 amide bonds. The summed E-state index contributed by atoms with van der Waals surface area (Å²) in [6.45, 7) is 3.72. The maximum Gasteiger partial charge on any atom is 0.263 e. The number of sulfonamides is 1. The Kier molecular flexibility index (Phi) is 5.11. The van der Waals surface area contributed by atoms with Gasteiger partial charge in [0.1, 0.15) is 0 Å². The van der Waals surface area contributed by atoms with Gasteiger partial charge in [0.05, 0.1) is 4.90 Å². The fourth-order valence-corrected chi connectivity index (χ4v) is 3.59. The number of benzene rings is 2. The van der Waals surface area contributed by atoms with Gasteiger partial charge >= 0.3 is 0 Å². The van der Waals surface area contributed by atoms with Gasteiger partial charge in [0.2, 0.25) is 0 Å². The average Bonchev–Trinajstić information content (AvgIpc) is 2.60. The zero-order valence-corrected chi connectivity index (χ0v) is 15.8. The molecule has 2 N–H and O–H groups in total. The van der Waals surface area contributed by atoms with Gasteiger partial charge in [0.25, 0.3) is 10.0 Å². The molecule has 0 fully saturated rings. The zero-order valence-electron chi connectivity index (χ0n) is 14.2. The largest absolute Gasteiger partial charge is 0.338 e. The molecule has 0 saturated carbocycles. The maximum absolute atomic E-state index is 12.4. The number of aryl methyl sites for hydroxylation is 1. The normalized spacial score (nSPS) is 11.2. The van der Waals surface area contributed by atoms with Crippen molar-refractivity contribution in [2.24, 2.45) is 0 Å². The predicted octanol–water partition coefficient (Wildman–Crippen LogP) is 4.29. The molecule has 0 saturated heterocycles. The Labute approximate surface area is 157 Å². The van der Waals surface area contributed by atoms with Gasteiger partial charge in [-0.1, -0.05) is 29.8 Å². The highest BCUT2D eigenvalue weighted by atomic mass is 35.5. The third-order valence-electron chi connectivity index (χ3n) is 3.73. The highest BCUT2D eigenvalue weighted by molar-refractivity contribution is 7.92. The number of halogens is 1. The minimum Gasteiger partial charge on any atom is -0.338 e. The second-order valence-electron chi connectivity index (χ2n) is 5.76. The molecule has 1 aromatic heterocycles. The summed E-state index contributed by atoms with van der Waals surface area (Å²) in [5, 5.41) is 11.7. The standard InChI is InChI=1S/C18H17ClN4O2S/c1-12-5-3-6-14(11-12)26(24,25)23-18-10-9-17(21-22-18)20-16-8-4-7-15(19)13(16)2/h3-11H,1-2H3,(H,20,21)(H,22,23). The molecular formula is C18H17ClN4O2S. The number of hydrogen-bond donors (Lipinski definition) is 2. The molecule has 2 aromatic carbocycles. The van der Waals surface area contributed by atoms with Crippen molar-refractivity contribution in [2.75, 3.05) is 10.0 Å². The summed E-state index contributed by atoms with van der Waals surface area (Å²) in [7, 11) is -3.71. The molecule has 0 unspecified atom stereocenters. The van der Waals surface area contributed by atoms with Crippen LogP contribution in [0.15, 0.2) is 59.5 Å². The minimum atomic E-state index is -3.71. The SMILES string of the molecule is Cc1cccc(S(=O)(=O)Nc2ccc(Nc3cccc(Cl)c3C)nn2)c1. The first-order valence-corrected chi connectivity index (χ1v) is 9.66. The molecule has 0 aliphatic heterocycles. The van der Waals surface area contributed by atoms with E-state index in [-0.39, 0.29) is 10.7 Å². The Bertz CT molecular complexity index is 1040. The van der Waals surface area contributed by atoms with Crippen LogP contribution < -0.4 is 10.0 Å². The second kappa shape index (κ2) is 7.31. The number of hydrogen-bond acceptors (Lipinski definition) is 5. The summed E-state index contributed by atoms with van der Waals surface area (Å²) in [6, 6.07) is 15.3. The van der Waals surface area contributed by atoms with E-state index in [1.807, 2.05) is 32.0 Å². The molecule has 0 atom stereocenters. The van der Waals surface area contributed by atoms with Crippen molar-refractivity contribution in [1.82, 2.24) is 10.2 Å². The molecule has 134 valence electrons. The predicted molar refractivity (Wildman–Crippen MR) is 103 cm³/mol. The second-order valence-corrected chi connectivity index (χ2v) is 7.85. The van der Waals surface area contributed by atoms with E-state index in [1.165, 1.54) is 6.07 Å². The van der Waals surface area contributed by atoms with Crippen molar-refractivity contribution in [2.45, 2.75) is 18.7 Å². The fourth-order valence-electron chi connectivity index (χ4n) is 2.31. The molecule has 1 heterocycles. The van der Waals surface area contributed by atoms with Crippen LogP contribution in [0.4, 0.5) is 17.3 Å². The van der Waals surface area contributed by atoms with Crippen molar-refractivity contribution in [3.8, 4) is 0 Å². The number of nitrogens with zero attached hydrogens (tertiary/aromatic N) is 2. The lowest BCUT2D eigenvalue weighted by Crippen LogP contribution is -2.14. The Balaban J connectivity index is 1.76. The van der Waals surface area contributed by atoms with Gasteiger partial charge in [-0.25, -0.2) is 8.42 Å². The Morgan fingerprint density at radius 2 is 1.62 bits per heavy atom. The lowest BCUT2D eigenvalue weighted by molar-refractivity contribution is 0.601. The van der Waals surface area contributed by atoms with Crippen LogP contribution >= 0.6 is 11.6 Å². The molecule has 0 bridgehead atoms. The smallest absolute Gasteiger partial charge is 0.263 e. The molecule has 26 heavy (non-hydrogen) atoms. The molecule has 6 nitrogen and oxygen atoms in total. The first kappa shape index (κ1) is 18.2. The molecule has 0 aliphatic carbocycles. The van der Waals surface area contributed by atoms with Gasteiger partial charge in [0.15, 0.2) is 11.6 Å². The van der Waals surface area contributed by atoms with E-state index in [9.17, 15) is 8.42 Å². The summed E-state index contributed by atoms with van der Waals surface area (Å²) in [4.78, 5) is 0.177. The van der Waals surface area contributed by atoms with Crippen LogP contribution in [0.1, 0.15) is 11.1 Å². The Hall–Kier alpha value is -2.64. The van der Waals surface area contributed by atoms with Crippen LogP contribution in [0.2, 0.25) is 5.02 Å². The summed E-state index contributed by atoms with van der Waals surface area (Å²) in [5.74, 6) is 0.619. The summed E-state index contributed by atoms with van der Waals surface area (Å²) < 4.78 is 27.2. The number of nitrogens with one attached hydrogen (secondary N) is 2. The van der Waals surface area contributed by atoms with E-state index < -0.39 is 10.0 Å². The van der Waals surface area contributed by atoms with Crippen LogP contribution in [0.3, 0.4) is 0 Å². The summed E-state index contributed by atoms with van der Waals surface area (Å²) in [5.41, 5.74) is 2.55. The summed E-state index contributed by atoms with van der Waals surface area (Å²) in [6.07, 6.45) is 0.